The van der Waals surface area contributed by atoms with Crippen molar-refractivity contribution in [3.8, 4) is 5.75 Å². The van der Waals surface area contributed by atoms with Crippen LogP contribution in [-0.2, 0) is 0 Å². The SMILES string of the molecule is COc1ccc([C@H]2C[C@H](c3ccccc3)N(C(=O)c3ccccc3)c3ncnn32)cc1. The largest absolute Gasteiger partial charge is 0.497 e. The molecule has 31 heavy (non-hydrogen) atoms. The Bertz CT molecular complexity index is 1170. The maximum atomic E-state index is 13.6. The fourth-order valence-corrected chi connectivity index (χ4v) is 4.21. The molecule has 0 unspecified atom stereocenters. The van der Waals surface area contributed by atoms with Crippen LogP contribution in [-0.4, -0.2) is 27.8 Å². The predicted molar refractivity (Wildman–Crippen MR) is 118 cm³/mol. The minimum absolute atomic E-state index is 0.0477. The summed E-state index contributed by atoms with van der Waals surface area (Å²) in [5, 5.41) is 4.49. The molecule has 0 N–H and O–H groups in total. The molecule has 0 saturated carbocycles. The van der Waals surface area contributed by atoms with E-state index in [2.05, 4.69) is 22.2 Å². The van der Waals surface area contributed by atoms with E-state index >= 15 is 0 Å². The van der Waals surface area contributed by atoms with E-state index in [1.165, 1.54) is 6.33 Å². The van der Waals surface area contributed by atoms with Gasteiger partial charge in [0.15, 0.2) is 0 Å². The summed E-state index contributed by atoms with van der Waals surface area (Å²) in [6, 6.07) is 27.2. The van der Waals surface area contributed by atoms with Crippen LogP contribution >= 0.6 is 0 Å². The van der Waals surface area contributed by atoms with Crippen molar-refractivity contribution in [1.82, 2.24) is 14.8 Å². The van der Waals surface area contributed by atoms with Gasteiger partial charge in [0.1, 0.15) is 12.1 Å². The minimum Gasteiger partial charge on any atom is -0.497 e. The number of carbonyl (C=O) groups excluding carboxylic acids is 1. The summed E-state index contributed by atoms with van der Waals surface area (Å²) in [5.41, 5.74) is 2.79. The van der Waals surface area contributed by atoms with Crippen molar-refractivity contribution in [3.05, 3.63) is 108 Å². The fourth-order valence-electron chi connectivity index (χ4n) is 4.21. The molecule has 6 nitrogen and oxygen atoms in total. The van der Waals surface area contributed by atoms with Gasteiger partial charge in [-0.2, -0.15) is 10.1 Å². The lowest BCUT2D eigenvalue weighted by molar-refractivity contribution is 0.0963. The molecule has 3 aromatic carbocycles. The second kappa shape index (κ2) is 8.07. The summed E-state index contributed by atoms with van der Waals surface area (Å²) in [6.45, 7) is 0. The number of carbonyl (C=O) groups is 1. The van der Waals surface area contributed by atoms with Gasteiger partial charge >= 0.3 is 0 Å². The molecule has 2 heterocycles. The monoisotopic (exact) mass is 410 g/mol. The molecule has 2 atom stereocenters. The van der Waals surface area contributed by atoms with Gasteiger partial charge in [0.05, 0.1) is 19.2 Å². The summed E-state index contributed by atoms with van der Waals surface area (Å²) in [5.74, 6) is 1.27. The maximum Gasteiger partial charge on any atom is 0.261 e. The van der Waals surface area contributed by atoms with Gasteiger partial charge in [-0.3, -0.25) is 9.69 Å². The molecule has 0 spiro atoms. The highest BCUT2D eigenvalue weighted by molar-refractivity contribution is 6.05. The van der Waals surface area contributed by atoms with Gasteiger partial charge in [0.25, 0.3) is 5.91 Å². The van der Waals surface area contributed by atoms with Crippen molar-refractivity contribution in [2.45, 2.75) is 18.5 Å². The second-order valence-corrected chi connectivity index (χ2v) is 7.50. The van der Waals surface area contributed by atoms with Gasteiger partial charge < -0.3 is 4.74 Å². The molecule has 0 radical (unpaired) electrons. The Morgan fingerprint density at radius 1 is 0.871 bits per heavy atom. The number of methoxy groups -OCH3 is 1. The Labute approximate surface area is 180 Å². The van der Waals surface area contributed by atoms with Crippen LogP contribution in [0.1, 0.15) is 40.0 Å². The number of hydrogen-bond acceptors (Lipinski definition) is 4. The molecule has 5 rings (SSSR count). The van der Waals surface area contributed by atoms with Crippen molar-refractivity contribution in [2.75, 3.05) is 12.0 Å². The van der Waals surface area contributed by atoms with Crippen LogP contribution in [0, 0.1) is 0 Å². The van der Waals surface area contributed by atoms with Crippen molar-refractivity contribution in [3.63, 3.8) is 0 Å². The van der Waals surface area contributed by atoms with Crippen molar-refractivity contribution in [2.24, 2.45) is 0 Å². The average molecular weight is 410 g/mol. The molecular weight excluding hydrogens is 388 g/mol. The van der Waals surface area contributed by atoms with E-state index in [1.807, 2.05) is 77.5 Å². The summed E-state index contributed by atoms with van der Waals surface area (Å²) in [6.07, 6.45) is 2.20. The van der Waals surface area contributed by atoms with Gasteiger partial charge in [-0.15, -0.1) is 0 Å². The number of nitrogens with zero attached hydrogens (tertiary/aromatic N) is 4. The summed E-state index contributed by atoms with van der Waals surface area (Å²) in [7, 11) is 1.66. The molecule has 1 aliphatic heterocycles. The Hall–Kier alpha value is -3.93. The van der Waals surface area contributed by atoms with E-state index in [-0.39, 0.29) is 18.0 Å². The van der Waals surface area contributed by atoms with E-state index in [1.54, 1.807) is 12.0 Å². The molecule has 1 aliphatic rings. The number of anilines is 1. The van der Waals surface area contributed by atoms with Gasteiger partial charge in [0.2, 0.25) is 5.95 Å². The lowest BCUT2D eigenvalue weighted by Crippen LogP contribution is -2.42. The number of rotatable bonds is 4. The number of aromatic nitrogens is 3. The zero-order valence-electron chi connectivity index (χ0n) is 17.1. The standard InChI is InChI=1S/C25H22N4O2/c1-31-21-14-12-19(13-15-21)23-16-22(18-8-4-2-5-9-18)28(25-26-17-27-29(23)25)24(30)20-10-6-3-7-11-20/h2-15,17,22-23H,16H2,1H3/t22-,23-/m1/s1. The Morgan fingerprint density at radius 2 is 1.52 bits per heavy atom. The zero-order chi connectivity index (χ0) is 21.2. The highest BCUT2D eigenvalue weighted by Gasteiger charge is 2.39. The van der Waals surface area contributed by atoms with Gasteiger partial charge in [-0.25, -0.2) is 4.68 Å². The second-order valence-electron chi connectivity index (χ2n) is 7.50. The molecule has 6 heteroatoms. The Balaban J connectivity index is 1.62. The molecular formula is C25H22N4O2. The van der Waals surface area contributed by atoms with Crippen LogP contribution in [0.25, 0.3) is 0 Å². The minimum atomic E-state index is -0.169. The zero-order valence-corrected chi connectivity index (χ0v) is 17.1. The van der Waals surface area contributed by atoms with Crippen LogP contribution < -0.4 is 9.64 Å². The van der Waals surface area contributed by atoms with Crippen molar-refractivity contribution < 1.29 is 9.53 Å². The Kier molecular flexibility index (Phi) is 4.96. The third-order valence-electron chi connectivity index (χ3n) is 5.75. The number of ether oxygens (including phenoxy) is 1. The molecule has 0 aliphatic carbocycles. The summed E-state index contributed by atoms with van der Waals surface area (Å²) in [4.78, 5) is 19.9. The van der Waals surface area contributed by atoms with E-state index < -0.39 is 0 Å². The molecule has 0 saturated heterocycles. The first-order chi connectivity index (χ1) is 15.3. The third-order valence-corrected chi connectivity index (χ3v) is 5.75. The number of hydrogen-bond donors (Lipinski definition) is 0. The number of benzene rings is 3. The fraction of sp³-hybridized carbons (Fsp3) is 0.160. The van der Waals surface area contributed by atoms with Crippen molar-refractivity contribution >= 4 is 11.9 Å². The first kappa shape index (κ1) is 19.1. The van der Waals surface area contributed by atoms with E-state index in [0.29, 0.717) is 17.9 Å². The molecule has 0 bridgehead atoms. The Morgan fingerprint density at radius 3 is 2.19 bits per heavy atom. The normalized spacial score (nSPS) is 17.8. The number of amides is 1. The van der Waals surface area contributed by atoms with Crippen LogP contribution in [0.4, 0.5) is 5.95 Å². The molecule has 1 amide bonds. The first-order valence-electron chi connectivity index (χ1n) is 10.2. The lowest BCUT2D eigenvalue weighted by Gasteiger charge is -2.39. The number of fused-ring (bicyclic) bond motifs is 1. The highest BCUT2D eigenvalue weighted by atomic mass is 16.5. The van der Waals surface area contributed by atoms with Crippen LogP contribution in [0.3, 0.4) is 0 Å². The van der Waals surface area contributed by atoms with E-state index in [9.17, 15) is 4.79 Å². The molecule has 1 aromatic heterocycles. The predicted octanol–water partition coefficient (Wildman–Crippen LogP) is 4.67. The molecule has 154 valence electrons. The van der Waals surface area contributed by atoms with E-state index in [4.69, 9.17) is 4.74 Å². The van der Waals surface area contributed by atoms with Crippen molar-refractivity contribution in [1.29, 1.82) is 0 Å². The van der Waals surface area contributed by atoms with Crippen LogP contribution in [0.2, 0.25) is 0 Å². The lowest BCUT2D eigenvalue weighted by atomic mass is 9.91. The van der Waals surface area contributed by atoms with Gasteiger partial charge in [0, 0.05) is 5.56 Å². The van der Waals surface area contributed by atoms with Gasteiger partial charge in [-0.05, 0) is 41.8 Å². The van der Waals surface area contributed by atoms with Crippen LogP contribution in [0.15, 0.2) is 91.3 Å². The smallest absolute Gasteiger partial charge is 0.261 e. The summed E-state index contributed by atoms with van der Waals surface area (Å²) >= 11 is 0. The topological polar surface area (TPSA) is 60.2 Å². The third kappa shape index (κ3) is 3.46. The summed E-state index contributed by atoms with van der Waals surface area (Å²) < 4.78 is 7.16. The average Bonchev–Trinajstić information content (AvgIpc) is 3.33. The maximum absolute atomic E-state index is 13.6. The first-order valence-corrected chi connectivity index (χ1v) is 10.2. The molecule has 0 fully saturated rings. The quantitative estimate of drug-likeness (QED) is 0.491. The van der Waals surface area contributed by atoms with Gasteiger partial charge in [-0.1, -0.05) is 60.7 Å². The van der Waals surface area contributed by atoms with Crippen LogP contribution in [0.5, 0.6) is 5.75 Å². The molecule has 4 aromatic rings. The van der Waals surface area contributed by atoms with E-state index in [0.717, 1.165) is 16.9 Å². The highest BCUT2D eigenvalue weighted by Crippen LogP contribution is 2.42.